The molecule has 1 amide bonds. The molecule has 0 aliphatic carbocycles. The van der Waals surface area contributed by atoms with E-state index in [-0.39, 0.29) is 12.3 Å². The van der Waals surface area contributed by atoms with E-state index >= 15 is 0 Å². The number of benzene rings is 2. The van der Waals surface area contributed by atoms with E-state index in [1.165, 1.54) is 27.4 Å². The summed E-state index contributed by atoms with van der Waals surface area (Å²) in [5.74, 6) is 0.00131. The van der Waals surface area contributed by atoms with Crippen molar-refractivity contribution in [1.29, 1.82) is 5.26 Å². The lowest BCUT2D eigenvalue weighted by molar-refractivity contribution is -0.154. The van der Waals surface area contributed by atoms with Gasteiger partial charge in [-0.15, -0.1) is 0 Å². The van der Waals surface area contributed by atoms with Gasteiger partial charge in [0.1, 0.15) is 0 Å². The van der Waals surface area contributed by atoms with Crippen LogP contribution in [0.1, 0.15) is 22.8 Å². The van der Waals surface area contributed by atoms with Crippen molar-refractivity contribution in [2.24, 2.45) is 0 Å². The summed E-state index contributed by atoms with van der Waals surface area (Å²) < 4.78 is 21.6. The van der Waals surface area contributed by atoms with E-state index in [1.54, 1.807) is 48.8 Å². The number of nitriles is 1. The highest BCUT2D eigenvalue weighted by Gasteiger charge is 2.26. The lowest BCUT2D eigenvalue weighted by atomic mass is 10.1. The first-order valence-electron chi connectivity index (χ1n) is 10.6. The van der Waals surface area contributed by atoms with E-state index < -0.39 is 18.0 Å². The average Bonchev–Trinajstić information content (AvgIpc) is 2.93. The van der Waals surface area contributed by atoms with Gasteiger partial charge in [0.15, 0.2) is 16.7 Å². The van der Waals surface area contributed by atoms with E-state index in [2.05, 4.69) is 15.3 Å². The molecule has 1 unspecified atom stereocenters. The van der Waals surface area contributed by atoms with Gasteiger partial charge < -0.3 is 24.3 Å². The van der Waals surface area contributed by atoms with Crippen LogP contribution in [0.15, 0.2) is 60.0 Å². The Balaban J connectivity index is 1.77. The fourth-order valence-electron chi connectivity index (χ4n) is 3.21. The molecule has 0 bridgehead atoms. The highest BCUT2D eigenvalue weighted by atomic mass is 32.2. The molecule has 2 aromatic carbocycles. The zero-order valence-corrected chi connectivity index (χ0v) is 20.7. The van der Waals surface area contributed by atoms with Crippen LogP contribution in [0.4, 0.5) is 0 Å². The zero-order chi connectivity index (χ0) is 25.9. The maximum Gasteiger partial charge on any atom is 0.317 e. The summed E-state index contributed by atoms with van der Waals surface area (Å²) in [6.07, 6.45) is 1.85. The number of amides is 1. The predicted octanol–water partition coefficient (Wildman–Crippen LogP) is 3.07. The number of aromatic nitrogens is 2. The number of hydrogen-bond donors (Lipinski definition) is 1. The number of carbonyl (C=O) groups is 2. The quantitative estimate of drug-likeness (QED) is 0.234. The van der Waals surface area contributed by atoms with Gasteiger partial charge in [0, 0.05) is 24.5 Å². The molecule has 1 heterocycles. The molecule has 0 fully saturated rings. The first-order valence-corrected chi connectivity index (χ1v) is 11.6. The molecule has 11 heteroatoms. The van der Waals surface area contributed by atoms with E-state index in [0.29, 0.717) is 39.1 Å². The van der Waals surface area contributed by atoms with E-state index in [0.717, 1.165) is 11.8 Å². The zero-order valence-electron chi connectivity index (χ0n) is 19.9. The summed E-state index contributed by atoms with van der Waals surface area (Å²) in [7, 11) is 4.49. The fourth-order valence-corrected chi connectivity index (χ4v) is 3.80. The third-order valence-corrected chi connectivity index (χ3v) is 5.71. The summed E-state index contributed by atoms with van der Waals surface area (Å²) in [5, 5.41) is 12.4. The second-order valence-electron chi connectivity index (χ2n) is 7.18. The van der Waals surface area contributed by atoms with Gasteiger partial charge in [-0.05, 0) is 35.9 Å². The van der Waals surface area contributed by atoms with Gasteiger partial charge in [-0.2, -0.15) is 5.26 Å². The highest BCUT2D eigenvalue weighted by molar-refractivity contribution is 7.99. The Morgan fingerprint density at radius 3 is 2.33 bits per heavy atom. The highest BCUT2D eigenvalue weighted by Crippen LogP contribution is 2.38. The lowest BCUT2D eigenvalue weighted by Gasteiger charge is -2.19. The van der Waals surface area contributed by atoms with E-state index in [1.807, 2.05) is 6.07 Å². The monoisotopic (exact) mass is 508 g/mol. The second-order valence-corrected chi connectivity index (χ2v) is 8.12. The van der Waals surface area contributed by atoms with Crippen LogP contribution in [0.3, 0.4) is 0 Å². The van der Waals surface area contributed by atoms with Crippen LogP contribution >= 0.6 is 11.8 Å². The number of carbonyl (C=O) groups excluding carboxylic acids is 2. The number of rotatable bonds is 11. The number of esters is 1. The van der Waals surface area contributed by atoms with E-state index in [4.69, 9.17) is 18.9 Å². The number of hydrogen-bond acceptors (Lipinski definition) is 10. The van der Waals surface area contributed by atoms with Crippen LogP contribution in [-0.2, 0) is 20.9 Å². The van der Waals surface area contributed by atoms with Gasteiger partial charge in [0.25, 0.3) is 5.91 Å². The van der Waals surface area contributed by atoms with Crippen LogP contribution in [0.2, 0.25) is 0 Å². The third-order valence-electron chi connectivity index (χ3n) is 4.86. The fraction of sp³-hybridized carbons (Fsp3) is 0.240. The molecule has 3 rings (SSSR count). The molecule has 1 N–H and O–H groups in total. The van der Waals surface area contributed by atoms with Crippen LogP contribution in [0.5, 0.6) is 17.2 Å². The summed E-state index contributed by atoms with van der Waals surface area (Å²) in [6, 6.07) is 13.4. The smallest absolute Gasteiger partial charge is 0.317 e. The minimum Gasteiger partial charge on any atom is -0.493 e. The van der Waals surface area contributed by atoms with Crippen molar-refractivity contribution in [2.45, 2.75) is 17.8 Å². The van der Waals surface area contributed by atoms with Gasteiger partial charge in [-0.25, -0.2) is 9.97 Å². The number of methoxy groups -OCH3 is 3. The topological polar surface area (TPSA) is 133 Å². The minimum absolute atomic E-state index is 0.0914. The molecular formula is C25H24N4O6S. The van der Waals surface area contributed by atoms with Crippen LogP contribution in [-0.4, -0.2) is 48.9 Å². The van der Waals surface area contributed by atoms with Crippen molar-refractivity contribution < 1.29 is 28.5 Å². The van der Waals surface area contributed by atoms with Crippen molar-refractivity contribution in [3.05, 3.63) is 71.5 Å². The van der Waals surface area contributed by atoms with Crippen molar-refractivity contribution in [1.82, 2.24) is 15.3 Å². The number of nitrogens with zero attached hydrogens (tertiary/aromatic N) is 3. The molecule has 0 saturated heterocycles. The Labute approximate surface area is 212 Å². The molecule has 186 valence electrons. The minimum atomic E-state index is -1.27. The molecule has 3 aromatic rings. The van der Waals surface area contributed by atoms with Gasteiger partial charge in [0.2, 0.25) is 11.9 Å². The van der Waals surface area contributed by atoms with Gasteiger partial charge >= 0.3 is 5.97 Å². The van der Waals surface area contributed by atoms with Gasteiger partial charge in [-0.3, -0.25) is 9.59 Å². The van der Waals surface area contributed by atoms with Crippen molar-refractivity contribution in [3.8, 4) is 23.3 Å². The summed E-state index contributed by atoms with van der Waals surface area (Å²) in [6.45, 7) is 0.0914. The normalized spacial score (nSPS) is 11.1. The summed E-state index contributed by atoms with van der Waals surface area (Å²) in [5.41, 5.74) is 1.37. The first kappa shape index (κ1) is 26.3. The summed E-state index contributed by atoms with van der Waals surface area (Å²) >= 11 is 1.09. The maximum absolute atomic E-state index is 13.2. The number of thioether (sulfide) groups is 1. The lowest BCUT2D eigenvalue weighted by Crippen LogP contribution is -2.32. The Morgan fingerprint density at radius 2 is 1.72 bits per heavy atom. The van der Waals surface area contributed by atoms with Crippen molar-refractivity contribution >= 4 is 23.6 Å². The second kappa shape index (κ2) is 13.0. The third kappa shape index (κ3) is 6.86. The summed E-state index contributed by atoms with van der Waals surface area (Å²) in [4.78, 5) is 33.8. The number of ether oxygens (including phenoxy) is 4. The van der Waals surface area contributed by atoms with Crippen LogP contribution in [0.25, 0.3) is 0 Å². The molecule has 1 atom stereocenters. The van der Waals surface area contributed by atoms with Gasteiger partial charge in [-0.1, -0.05) is 23.9 Å². The standard InChI is InChI=1S/C25H24N4O6S/c1-32-19-11-17(12-20(33-2)23(19)34-3)14-29-24(31)22(18-7-4-6-16(10-18)13-26)35-21(30)15-36-25-27-8-5-9-28-25/h4-12,22H,14-15H2,1-3H3,(H,29,31). The molecule has 0 aliphatic heterocycles. The molecule has 36 heavy (non-hydrogen) atoms. The van der Waals surface area contributed by atoms with Crippen molar-refractivity contribution in [2.75, 3.05) is 27.1 Å². The van der Waals surface area contributed by atoms with Crippen molar-refractivity contribution in [3.63, 3.8) is 0 Å². The SMILES string of the molecule is COc1cc(CNC(=O)C(OC(=O)CSc2ncccn2)c2cccc(C#N)c2)cc(OC)c1OC. The molecular weight excluding hydrogens is 484 g/mol. The largest absolute Gasteiger partial charge is 0.493 e. The Kier molecular flexibility index (Phi) is 9.48. The molecule has 0 saturated carbocycles. The predicted molar refractivity (Wildman–Crippen MR) is 131 cm³/mol. The van der Waals surface area contributed by atoms with E-state index in [9.17, 15) is 14.9 Å². The molecule has 0 radical (unpaired) electrons. The molecule has 0 spiro atoms. The Bertz CT molecular complexity index is 1220. The van der Waals surface area contributed by atoms with Crippen LogP contribution in [0, 0.1) is 11.3 Å². The maximum atomic E-state index is 13.2. The van der Waals surface area contributed by atoms with Gasteiger partial charge in [0.05, 0.1) is 38.7 Å². The molecule has 0 aliphatic rings. The van der Waals surface area contributed by atoms with Crippen LogP contribution < -0.4 is 19.5 Å². The molecule has 10 nitrogen and oxygen atoms in total. The molecule has 1 aromatic heterocycles. The Hall–Kier alpha value is -4.30. The average molecular weight is 509 g/mol. The Morgan fingerprint density at radius 1 is 1.03 bits per heavy atom. The first-order chi connectivity index (χ1) is 17.5. The number of nitrogens with one attached hydrogen (secondary N) is 1.